The first-order valence-electron chi connectivity index (χ1n) is 8.65. The number of carbonyl (C=O) groups is 1. The summed E-state index contributed by atoms with van der Waals surface area (Å²) in [6.45, 7) is 2.39. The third kappa shape index (κ3) is 2.88. The molecule has 0 atom stereocenters. The summed E-state index contributed by atoms with van der Waals surface area (Å²) in [5, 5.41) is 0. The minimum Gasteiger partial charge on any atom is -0.366 e. The van der Waals surface area contributed by atoms with Gasteiger partial charge < -0.3 is 9.80 Å². The van der Waals surface area contributed by atoms with Crippen molar-refractivity contribution in [1.82, 2.24) is 4.90 Å². The van der Waals surface area contributed by atoms with Crippen molar-refractivity contribution in [3.05, 3.63) is 65.7 Å². The van der Waals surface area contributed by atoms with Gasteiger partial charge in [-0.3, -0.25) is 4.79 Å². The molecule has 0 N–H and O–H groups in total. The molecule has 1 amide bonds. The Bertz CT molecular complexity index is 779. The second kappa shape index (κ2) is 6.14. The van der Waals surface area contributed by atoms with Crippen LogP contribution in [0.5, 0.6) is 0 Å². The van der Waals surface area contributed by atoms with Crippen LogP contribution in [0.2, 0.25) is 0 Å². The van der Waals surface area contributed by atoms with Gasteiger partial charge in [0.25, 0.3) is 0 Å². The first-order chi connectivity index (χ1) is 12.1. The highest BCUT2D eigenvalue weighted by Crippen LogP contribution is 2.49. The van der Waals surface area contributed by atoms with Gasteiger partial charge in [-0.05, 0) is 42.7 Å². The summed E-state index contributed by atoms with van der Waals surface area (Å²) < 4.78 is 27.1. The molecule has 0 aromatic heterocycles. The lowest BCUT2D eigenvalue weighted by Crippen LogP contribution is -2.51. The minimum atomic E-state index is -0.478. The number of amides is 1. The Hall–Kier alpha value is -2.43. The van der Waals surface area contributed by atoms with Crippen molar-refractivity contribution in [2.24, 2.45) is 0 Å². The van der Waals surface area contributed by atoms with Crippen LogP contribution in [0.3, 0.4) is 0 Å². The Morgan fingerprint density at radius 1 is 0.880 bits per heavy atom. The van der Waals surface area contributed by atoms with Gasteiger partial charge in [-0.1, -0.05) is 24.3 Å². The molecule has 1 saturated carbocycles. The van der Waals surface area contributed by atoms with Gasteiger partial charge in [0.15, 0.2) is 0 Å². The van der Waals surface area contributed by atoms with Crippen LogP contribution in [0.1, 0.15) is 18.4 Å². The lowest BCUT2D eigenvalue weighted by Gasteiger charge is -2.38. The Morgan fingerprint density at radius 3 is 2.12 bits per heavy atom. The Morgan fingerprint density at radius 2 is 1.52 bits per heavy atom. The smallest absolute Gasteiger partial charge is 0.233 e. The summed E-state index contributed by atoms with van der Waals surface area (Å²) in [6, 6.07) is 13.0. The molecule has 0 bridgehead atoms. The van der Waals surface area contributed by atoms with Crippen LogP contribution >= 0.6 is 0 Å². The van der Waals surface area contributed by atoms with E-state index >= 15 is 0 Å². The molecule has 1 saturated heterocycles. The first kappa shape index (κ1) is 16.1. The maximum absolute atomic E-state index is 13.9. The first-order valence-corrected chi connectivity index (χ1v) is 8.65. The summed E-state index contributed by atoms with van der Waals surface area (Å²) in [5.41, 5.74) is 1.01. The number of anilines is 1. The van der Waals surface area contributed by atoms with Crippen molar-refractivity contribution in [1.29, 1.82) is 0 Å². The number of hydrogen-bond donors (Lipinski definition) is 0. The van der Waals surface area contributed by atoms with E-state index < -0.39 is 5.41 Å². The van der Waals surface area contributed by atoms with Crippen LogP contribution in [0, 0.1) is 11.6 Å². The standard InChI is InChI=1S/C20H20F2N2O/c21-16-7-5-15(6-8-16)20(9-10-20)19(25)24-13-11-23(12-14-24)18-4-2-1-3-17(18)22/h1-8H,9-14H2. The molecule has 3 nitrogen and oxygen atoms in total. The van der Waals surface area contributed by atoms with Crippen molar-refractivity contribution in [2.75, 3.05) is 31.1 Å². The molecule has 5 heteroatoms. The monoisotopic (exact) mass is 342 g/mol. The molecule has 1 heterocycles. The maximum atomic E-state index is 13.9. The molecule has 2 aromatic rings. The summed E-state index contributed by atoms with van der Waals surface area (Å²) in [4.78, 5) is 16.9. The van der Waals surface area contributed by atoms with Gasteiger partial charge in [0.05, 0.1) is 11.1 Å². The molecule has 1 aliphatic carbocycles. The third-order valence-corrected chi connectivity index (χ3v) is 5.32. The van der Waals surface area contributed by atoms with E-state index in [-0.39, 0.29) is 17.5 Å². The number of piperazine rings is 1. The van der Waals surface area contributed by atoms with Gasteiger partial charge in [-0.2, -0.15) is 0 Å². The molecule has 25 heavy (non-hydrogen) atoms. The second-order valence-corrected chi connectivity index (χ2v) is 6.82. The molecular formula is C20H20F2N2O. The number of benzene rings is 2. The highest BCUT2D eigenvalue weighted by Gasteiger charge is 2.53. The Labute approximate surface area is 145 Å². The average molecular weight is 342 g/mol. The molecule has 0 unspecified atom stereocenters. The number of para-hydroxylation sites is 1. The predicted molar refractivity (Wildman–Crippen MR) is 92.5 cm³/mol. The van der Waals surface area contributed by atoms with Crippen LogP contribution in [0.25, 0.3) is 0 Å². The van der Waals surface area contributed by atoms with Crippen molar-refractivity contribution in [3.8, 4) is 0 Å². The number of rotatable bonds is 3. The van der Waals surface area contributed by atoms with Gasteiger partial charge in [-0.15, -0.1) is 0 Å². The maximum Gasteiger partial charge on any atom is 0.233 e. The lowest BCUT2D eigenvalue weighted by molar-refractivity contribution is -0.134. The van der Waals surface area contributed by atoms with Crippen LogP contribution in [0.15, 0.2) is 48.5 Å². The molecule has 4 rings (SSSR count). The summed E-state index contributed by atoms with van der Waals surface area (Å²) >= 11 is 0. The van der Waals surface area contributed by atoms with E-state index in [1.54, 1.807) is 24.3 Å². The van der Waals surface area contributed by atoms with E-state index in [9.17, 15) is 13.6 Å². The van der Waals surface area contributed by atoms with Crippen molar-refractivity contribution in [3.63, 3.8) is 0 Å². The normalized spacial score (nSPS) is 19.0. The van der Waals surface area contributed by atoms with Gasteiger partial charge >= 0.3 is 0 Å². The quantitative estimate of drug-likeness (QED) is 0.854. The van der Waals surface area contributed by atoms with E-state index in [1.165, 1.54) is 18.2 Å². The average Bonchev–Trinajstić information content (AvgIpc) is 3.44. The van der Waals surface area contributed by atoms with Crippen molar-refractivity contribution >= 4 is 11.6 Å². The van der Waals surface area contributed by atoms with Crippen molar-refractivity contribution in [2.45, 2.75) is 18.3 Å². The zero-order chi connectivity index (χ0) is 17.4. The minimum absolute atomic E-state index is 0.118. The van der Waals surface area contributed by atoms with E-state index in [1.807, 2.05) is 15.9 Å². The molecule has 2 fully saturated rings. The highest BCUT2D eigenvalue weighted by molar-refractivity contribution is 5.91. The van der Waals surface area contributed by atoms with Crippen molar-refractivity contribution < 1.29 is 13.6 Å². The second-order valence-electron chi connectivity index (χ2n) is 6.82. The molecule has 1 aliphatic heterocycles. The number of halogens is 2. The molecule has 0 radical (unpaired) electrons. The summed E-state index contributed by atoms with van der Waals surface area (Å²) in [7, 11) is 0. The Balaban J connectivity index is 1.45. The van der Waals surface area contributed by atoms with E-state index in [2.05, 4.69) is 0 Å². The third-order valence-electron chi connectivity index (χ3n) is 5.32. The largest absolute Gasteiger partial charge is 0.366 e. The molecular weight excluding hydrogens is 322 g/mol. The number of hydrogen-bond acceptors (Lipinski definition) is 2. The zero-order valence-electron chi connectivity index (χ0n) is 13.9. The highest BCUT2D eigenvalue weighted by atomic mass is 19.1. The van der Waals surface area contributed by atoms with Crippen LogP contribution in [-0.4, -0.2) is 37.0 Å². The lowest BCUT2D eigenvalue weighted by atomic mass is 9.94. The zero-order valence-corrected chi connectivity index (χ0v) is 13.9. The molecule has 2 aromatic carbocycles. The van der Waals surface area contributed by atoms with Gasteiger partial charge in [0, 0.05) is 26.2 Å². The van der Waals surface area contributed by atoms with Gasteiger partial charge in [-0.25, -0.2) is 8.78 Å². The van der Waals surface area contributed by atoms with Crippen LogP contribution in [-0.2, 0) is 10.2 Å². The van der Waals surface area contributed by atoms with Crippen LogP contribution < -0.4 is 4.90 Å². The topological polar surface area (TPSA) is 23.6 Å². The molecule has 0 spiro atoms. The van der Waals surface area contributed by atoms with E-state index in [4.69, 9.17) is 0 Å². The SMILES string of the molecule is O=C(N1CCN(c2ccccc2F)CC1)C1(c2ccc(F)cc2)CC1. The fourth-order valence-corrected chi connectivity index (χ4v) is 3.68. The fourth-order valence-electron chi connectivity index (χ4n) is 3.68. The van der Waals surface area contributed by atoms with Gasteiger partial charge in [0.2, 0.25) is 5.91 Å². The van der Waals surface area contributed by atoms with E-state index in [0.717, 1.165) is 18.4 Å². The number of carbonyl (C=O) groups excluding carboxylic acids is 1. The number of nitrogens with zero attached hydrogens (tertiary/aromatic N) is 2. The predicted octanol–water partition coefficient (Wildman–Crippen LogP) is 3.35. The molecule has 130 valence electrons. The summed E-state index contributed by atoms with van der Waals surface area (Å²) in [6.07, 6.45) is 1.62. The fraction of sp³-hybridized carbons (Fsp3) is 0.350. The van der Waals surface area contributed by atoms with Crippen LogP contribution in [0.4, 0.5) is 14.5 Å². The van der Waals surface area contributed by atoms with Gasteiger partial charge in [0.1, 0.15) is 11.6 Å². The summed E-state index contributed by atoms with van der Waals surface area (Å²) in [5.74, 6) is -0.398. The Kier molecular flexibility index (Phi) is 3.94. The van der Waals surface area contributed by atoms with E-state index in [0.29, 0.717) is 31.9 Å². The molecule has 2 aliphatic rings.